The molecule has 1 atom stereocenters. The van der Waals surface area contributed by atoms with E-state index in [-0.39, 0.29) is 18.3 Å². The average molecular weight is 558 g/mol. The Morgan fingerprint density at radius 1 is 1.00 bits per heavy atom. The third kappa shape index (κ3) is 5.28. The molecule has 1 aromatic heterocycles. The third-order valence-electron chi connectivity index (χ3n) is 5.20. The molecule has 4 rings (SSSR count). The van der Waals surface area contributed by atoms with E-state index >= 15 is 0 Å². The highest BCUT2D eigenvalue weighted by Gasteiger charge is 2.30. The van der Waals surface area contributed by atoms with E-state index in [0.29, 0.717) is 3.70 Å². The summed E-state index contributed by atoms with van der Waals surface area (Å²) in [6, 6.07) is 14.4. The smallest absolute Gasteiger partial charge is 0.407 e. The Labute approximate surface area is 202 Å². The number of hydrogen-bond acceptors (Lipinski definition) is 6. The van der Waals surface area contributed by atoms with Crippen LogP contribution >= 0.6 is 22.6 Å². The fourth-order valence-electron chi connectivity index (χ4n) is 3.76. The Hall–Kier alpha value is -3.54. The first-order chi connectivity index (χ1) is 15.9. The lowest BCUT2D eigenvalue weighted by Crippen LogP contribution is -2.45. The minimum absolute atomic E-state index is 0.0455. The zero-order chi connectivity index (χ0) is 23.4. The fourth-order valence-corrected chi connectivity index (χ4v) is 4.03. The van der Waals surface area contributed by atoms with Gasteiger partial charge in [-0.2, -0.15) is 0 Å². The van der Waals surface area contributed by atoms with E-state index in [9.17, 15) is 14.4 Å². The fraction of sp³-hybridized carbons (Fsp3) is 0.174. The first-order valence-corrected chi connectivity index (χ1v) is 11.1. The highest BCUT2D eigenvalue weighted by atomic mass is 127. The van der Waals surface area contributed by atoms with Gasteiger partial charge in [0.15, 0.2) is 5.82 Å². The number of fused-ring (bicyclic) bond motifs is 3. The van der Waals surface area contributed by atoms with Crippen LogP contribution in [0, 0.1) is 3.70 Å². The van der Waals surface area contributed by atoms with Crippen molar-refractivity contribution in [2.45, 2.75) is 18.4 Å². The number of carboxylic acids is 1. The maximum Gasteiger partial charge on any atom is 0.407 e. The van der Waals surface area contributed by atoms with E-state index in [1.807, 2.05) is 71.1 Å². The molecule has 3 N–H and O–H groups in total. The molecule has 10 heteroatoms. The molecule has 0 spiro atoms. The summed E-state index contributed by atoms with van der Waals surface area (Å²) in [6.45, 7) is 0.0455. The van der Waals surface area contributed by atoms with Crippen LogP contribution in [0.15, 0.2) is 60.9 Å². The van der Waals surface area contributed by atoms with Gasteiger partial charge in [-0.15, -0.1) is 0 Å². The van der Waals surface area contributed by atoms with Crippen LogP contribution < -0.4 is 10.6 Å². The van der Waals surface area contributed by atoms with E-state index in [4.69, 9.17) is 9.84 Å². The summed E-state index contributed by atoms with van der Waals surface area (Å²) in [4.78, 5) is 44.3. The van der Waals surface area contributed by atoms with Gasteiger partial charge < -0.3 is 20.5 Å². The van der Waals surface area contributed by atoms with E-state index < -0.39 is 30.4 Å². The van der Waals surface area contributed by atoms with Crippen molar-refractivity contribution in [3.05, 3.63) is 75.8 Å². The molecule has 2 aromatic carbocycles. The van der Waals surface area contributed by atoms with Gasteiger partial charge in [-0.05, 0) is 44.8 Å². The number of carbonyl (C=O) groups excluding carboxylic acids is 2. The predicted octanol–water partition coefficient (Wildman–Crippen LogP) is 3.40. The number of carboxylic acid groups (broad SMARTS) is 1. The second kappa shape index (κ2) is 9.94. The molecule has 0 saturated carbocycles. The molecular weight excluding hydrogens is 539 g/mol. The van der Waals surface area contributed by atoms with Crippen molar-refractivity contribution in [3.8, 4) is 11.1 Å². The van der Waals surface area contributed by atoms with Gasteiger partial charge in [0.25, 0.3) is 0 Å². The van der Waals surface area contributed by atoms with Gasteiger partial charge in [0.2, 0.25) is 5.91 Å². The number of nitrogens with one attached hydrogen (secondary N) is 2. The van der Waals surface area contributed by atoms with Crippen LogP contribution in [0.25, 0.3) is 11.1 Å². The molecule has 1 aliphatic rings. The number of anilines is 1. The summed E-state index contributed by atoms with van der Waals surface area (Å²) in [6.07, 6.45) is 1.28. The molecule has 3 aromatic rings. The van der Waals surface area contributed by atoms with E-state index in [1.54, 1.807) is 0 Å². The molecule has 0 radical (unpaired) electrons. The van der Waals surface area contributed by atoms with Crippen LogP contribution in [-0.2, 0) is 14.3 Å². The number of halogens is 1. The van der Waals surface area contributed by atoms with Crippen molar-refractivity contribution in [1.29, 1.82) is 0 Å². The molecule has 0 fully saturated rings. The predicted molar refractivity (Wildman–Crippen MR) is 128 cm³/mol. The number of ether oxygens (including phenoxy) is 1. The van der Waals surface area contributed by atoms with Gasteiger partial charge in [-0.25, -0.2) is 14.8 Å². The van der Waals surface area contributed by atoms with Crippen LogP contribution in [-0.4, -0.2) is 45.7 Å². The number of alkyl carbamates (subject to hydrolysis) is 1. The van der Waals surface area contributed by atoms with E-state index in [2.05, 4.69) is 20.6 Å². The second-order valence-corrected chi connectivity index (χ2v) is 8.44. The Morgan fingerprint density at radius 2 is 1.64 bits per heavy atom. The molecular formula is C23H19IN4O5. The number of benzene rings is 2. The first kappa shape index (κ1) is 22.6. The maximum atomic E-state index is 12.5. The van der Waals surface area contributed by atoms with Crippen LogP contribution in [0.2, 0.25) is 0 Å². The van der Waals surface area contributed by atoms with Gasteiger partial charge in [-0.3, -0.25) is 9.59 Å². The Kier molecular flexibility index (Phi) is 6.82. The second-order valence-electron chi connectivity index (χ2n) is 7.33. The number of amides is 2. The Bertz CT molecular complexity index is 1160. The largest absolute Gasteiger partial charge is 0.481 e. The lowest BCUT2D eigenvalue weighted by atomic mass is 9.98. The molecule has 0 saturated heterocycles. The van der Waals surface area contributed by atoms with Gasteiger partial charge in [0, 0.05) is 5.92 Å². The van der Waals surface area contributed by atoms with Crippen LogP contribution in [0.5, 0.6) is 0 Å². The number of rotatable bonds is 7. The summed E-state index contributed by atoms with van der Waals surface area (Å²) in [5.74, 6) is -1.99. The molecule has 9 nitrogen and oxygen atoms in total. The summed E-state index contributed by atoms with van der Waals surface area (Å²) >= 11 is 1.96. The highest BCUT2D eigenvalue weighted by Crippen LogP contribution is 2.44. The Morgan fingerprint density at radius 3 is 2.21 bits per heavy atom. The van der Waals surface area contributed by atoms with Crippen molar-refractivity contribution < 1.29 is 24.2 Å². The van der Waals surface area contributed by atoms with Crippen LogP contribution in [0.3, 0.4) is 0 Å². The molecule has 1 aliphatic carbocycles. The van der Waals surface area contributed by atoms with Gasteiger partial charge >= 0.3 is 12.1 Å². The average Bonchev–Trinajstić information content (AvgIpc) is 3.12. The SMILES string of the molecule is O=C(O)CC(NC(=O)OCC1c2ccccc2-c2ccccc21)C(=O)Nc1cnc(I)cn1. The van der Waals surface area contributed by atoms with Crippen molar-refractivity contribution in [1.82, 2.24) is 15.3 Å². The van der Waals surface area contributed by atoms with Gasteiger partial charge in [0.1, 0.15) is 16.3 Å². The van der Waals surface area contributed by atoms with Gasteiger partial charge in [-0.1, -0.05) is 48.5 Å². The molecule has 33 heavy (non-hydrogen) atoms. The number of carbonyl (C=O) groups is 3. The summed E-state index contributed by atoms with van der Waals surface area (Å²) in [5, 5.41) is 14.0. The van der Waals surface area contributed by atoms with Gasteiger partial charge in [0.05, 0.1) is 18.8 Å². The highest BCUT2D eigenvalue weighted by molar-refractivity contribution is 14.1. The molecule has 2 amide bonds. The maximum absolute atomic E-state index is 12.5. The summed E-state index contributed by atoms with van der Waals surface area (Å²) in [5.41, 5.74) is 4.26. The quantitative estimate of drug-likeness (QED) is 0.379. The number of nitrogens with zero attached hydrogens (tertiary/aromatic N) is 2. The van der Waals surface area contributed by atoms with E-state index in [1.165, 1.54) is 12.4 Å². The lowest BCUT2D eigenvalue weighted by molar-refractivity contribution is -0.139. The lowest BCUT2D eigenvalue weighted by Gasteiger charge is -2.18. The van der Waals surface area contributed by atoms with Crippen molar-refractivity contribution in [2.75, 3.05) is 11.9 Å². The standard InChI is InChI=1S/C23H19IN4O5/c24-19-10-26-20(11-25-19)28-22(31)18(9-21(29)30)27-23(32)33-12-17-15-7-3-1-5-13(15)14-6-2-4-8-16(14)17/h1-8,10-11,17-18H,9,12H2,(H,27,32)(H,29,30)(H,26,28,31). The molecule has 0 aliphatic heterocycles. The normalized spacial score (nSPS) is 12.9. The molecule has 1 heterocycles. The number of aliphatic carboxylic acids is 1. The van der Waals surface area contributed by atoms with Crippen LogP contribution in [0.4, 0.5) is 10.6 Å². The minimum atomic E-state index is -1.35. The number of hydrogen-bond donors (Lipinski definition) is 3. The molecule has 168 valence electrons. The minimum Gasteiger partial charge on any atom is -0.481 e. The Balaban J connectivity index is 1.42. The topological polar surface area (TPSA) is 131 Å². The zero-order valence-corrected chi connectivity index (χ0v) is 19.4. The van der Waals surface area contributed by atoms with E-state index in [0.717, 1.165) is 22.3 Å². The molecule has 0 bridgehead atoms. The van der Waals surface area contributed by atoms with Crippen LogP contribution in [0.1, 0.15) is 23.5 Å². The summed E-state index contributed by atoms with van der Waals surface area (Å²) in [7, 11) is 0. The summed E-state index contributed by atoms with van der Waals surface area (Å²) < 4.78 is 6.05. The van der Waals surface area contributed by atoms with Crippen molar-refractivity contribution >= 4 is 46.4 Å². The first-order valence-electron chi connectivity index (χ1n) is 10.0. The third-order valence-corrected chi connectivity index (χ3v) is 5.76. The zero-order valence-electron chi connectivity index (χ0n) is 17.2. The monoisotopic (exact) mass is 558 g/mol. The number of aromatic nitrogens is 2. The van der Waals surface area contributed by atoms with Crippen molar-refractivity contribution in [2.24, 2.45) is 0 Å². The molecule has 1 unspecified atom stereocenters. The van der Waals surface area contributed by atoms with Crippen molar-refractivity contribution in [3.63, 3.8) is 0 Å².